The number of nitrogens with one attached hydrogen (secondary N) is 2. The van der Waals surface area contributed by atoms with Crippen LogP contribution in [0.3, 0.4) is 0 Å². The van der Waals surface area contributed by atoms with Gasteiger partial charge in [0.25, 0.3) is 0 Å². The van der Waals surface area contributed by atoms with Crippen molar-refractivity contribution in [1.29, 1.82) is 0 Å². The Hall–Kier alpha value is -2.77. The largest absolute Gasteiger partial charge is 0.496 e. The van der Waals surface area contributed by atoms with E-state index in [2.05, 4.69) is 17.6 Å². The van der Waals surface area contributed by atoms with E-state index < -0.39 is 0 Å². The number of carbonyl (C=O) groups is 1. The number of ether oxygens (including phenoxy) is 3. The highest BCUT2D eigenvalue weighted by atomic mass is 16.5. The van der Waals surface area contributed by atoms with E-state index in [0.717, 1.165) is 44.3 Å². The van der Waals surface area contributed by atoms with Crippen LogP contribution in [0.2, 0.25) is 0 Å². The number of fused-ring (bicyclic) bond motifs is 3. The van der Waals surface area contributed by atoms with Gasteiger partial charge in [0.05, 0.1) is 18.4 Å². The molecule has 2 heterocycles. The van der Waals surface area contributed by atoms with Gasteiger partial charge in [-0.05, 0) is 58.7 Å². The molecule has 5 rings (SSSR count). The first-order valence-corrected chi connectivity index (χ1v) is 12.0. The van der Waals surface area contributed by atoms with Crippen LogP contribution in [0.5, 0.6) is 17.2 Å². The Balaban J connectivity index is 1.53. The molecule has 0 saturated carbocycles. The van der Waals surface area contributed by atoms with Gasteiger partial charge in [-0.15, -0.1) is 0 Å². The van der Waals surface area contributed by atoms with E-state index in [-0.39, 0.29) is 24.0 Å². The van der Waals surface area contributed by atoms with E-state index in [4.69, 9.17) is 19.9 Å². The van der Waals surface area contributed by atoms with Gasteiger partial charge in [-0.3, -0.25) is 4.79 Å². The number of methoxy groups -OCH3 is 1. The van der Waals surface area contributed by atoms with Crippen LogP contribution in [0.25, 0.3) is 11.1 Å². The Morgan fingerprint density at radius 2 is 1.55 bits per heavy atom. The number of carbonyl (C=O) groups excluding carboxylic acids is 1. The van der Waals surface area contributed by atoms with Gasteiger partial charge in [-0.25, -0.2) is 0 Å². The van der Waals surface area contributed by atoms with Crippen molar-refractivity contribution < 1.29 is 19.0 Å². The molecule has 1 aliphatic carbocycles. The first-order chi connectivity index (χ1) is 16.0. The Bertz CT molecular complexity index is 1060. The highest BCUT2D eigenvalue weighted by Gasteiger charge is 2.37. The van der Waals surface area contributed by atoms with E-state index >= 15 is 0 Å². The van der Waals surface area contributed by atoms with E-state index in [1.165, 1.54) is 0 Å². The molecule has 7 heteroatoms. The topological polar surface area (TPSA) is 94.8 Å². The van der Waals surface area contributed by atoms with E-state index in [1.807, 2.05) is 25.1 Å². The Labute approximate surface area is 195 Å². The third-order valence-corrected chi connectivity index (χ3v) is 7.22. The molecule has 0 aromatic heterocycles. The smallest absolute Gasteiger partial charge is 0.196 e. The summed E-state index contributed by atoms with van der Waals surface area (Å²) in [5.41, 5.74) is 9.38. The molecule has 4 N–H and O–H groups in total. The minimum absolute atomic E-state index is 0.0242. The third kappa shape index (κ3) is 3.83. The Kier molecular flexibility index (Phi) is 5.93. The second-order valence-electron chi connectivity index (χ2n) is 9.30. The van der Waals surface area contributed by atoms with Gasteiger partial charge < -0.3 is 30.6 Å². The fourth-order valence-electron chi connectivity index (χ4n) is 5.39. The zero-order chi connectivity index (χ0) is 23.1. The van der Waals surface area contributed by atoms with Crippen LogP contribution in [-0.2, 0) is 0 Å². The normalized spacial score (nSPS) is 23.2. The van der Waals surface area contributed by atoms with Crippen molar-refractivity contribution in [2.75, 3.05) is 25.9 Å². The Morgan fingerprint density at radius 1 is 0.909 bits per heavy atom. The molecule has 2 aromatic rings. The molecular formula is C26H33N3O4. The monoisotopic (exact) mass is 451 g/mol. The molecule has 0 spiro atoms. The van der Waals surface area contributed by atoms with Crippen LogP contribution in [0, 0.1) is 0 Å². The van der Waals surface area contributed by atoms with Gasteiger partial charge in [-0.2, -0.15) is 0 Å². The summed E-state index contributed by atoms with van der Waals surface area (Å²) in [5.74, 6) is 1.61. The maximum Gasteiger partial charge on any atom is 0.196 e. The highest BCUT2D eigenvalue weighted by Crippen LogP contribution is 2.52. The first-order valence-electron chi connectivity index (χ1n) is 12.0. The summed E-state index contributed by atoms with van der Waals surface area (Å²) in [5, 5.41) is 6.96. The van der Waals surface area contributed by atoms with E-state index in [1.54, 1.807) is 13.2 Å². The fraction of sp³-hybridized carbons (Fsp3) is 0.500. The quantitative estimate of drug-likeness (QED) is 0.473. The molecule has 3 aliphatic rings. The number of rotatable bonds is 7. The lowest BCUT2D eigenvalue weighted by Crippen LogP contribution is -2.36. The van der Waals surface area contributed by atoms with Crippen molar-refractivity contribution in [3.8, 4) is 28.4 Å². The van der Waals surface area contributed by atoms with Crippen LogP contribution in [0.4, 0.5) is 5.69 Å². The molecule has 0 amide bonds. The van der Waals surface area contributed by atoms with Gasteiger partial charge in [0.2, 0.25) is 0 Å². The summed E-state index contributed by atoms with van der Waals surface area (Å²) in [6.07, 6.45) is 4.32. The average molecular weight is 452 g/mol. The summed E-state index contributed by atoms with van der Waals surface area (Å²) in [6.45, 7) is 6.10. The predicted octanol–water partition coefficient (Wildman–Crippen LogP) is 3.53. The molecule has 4 atom stereocenters. The molecule has 2 aromatic carbocycles. The lowest BCUT2D eigenvalue weighted by atomic mass is 10.0. The molecule has 33 heavy (non-hydrogen) atoms. The first kappa shape index (κ1) is 22.0. The fourth-order valence-corrected chi connectivity index (χ4v) is 5.39. The van der Waals surface area contributed by atoms with Gasteiger partial charge >= 0.3 is 0 Å². The second kappa shape index (κ2) is 8.88. The zero-order valence-corrected chi connectivity index (χ0v) is 19.6. The van der Waals surface area contributed by atoms with Crippen molar-refractivity contribution in [2.45, 2.75) is 63.8 Å². The lowest BCUT2D eigenvalue weighted by Gasteiger charge is -2.24. The number of anilines is 1. The van der Waals surface area contributed by atoms with Gasteiger partial charge in [0.15, 0.2) is 5.78 Å². The summed E-state index contributed by atoms with van der Waals surface area (Å²) in [4.78, 5) is 13.5. The minimum Gasteiger partial charge on any atom is -0.496 e. The molecule has 7 nitrogen and oxygen atoms in total. The van der Waals surface area contributed by atoms with Crippen LogP contribution in [-0.4, -0.2) is 50.3 Å². The standard InChI is InChI=1S/C26H33N3O4/c1-14(17-8-5-11-28-17)32-19-10-4-7-16-22(19)23-20(31-3)13-21(25(27)24(23)26(16)30)33-15(2)18-9-6-12-29-18/h4,7,10,13-15,17-18,28-29H,5-6,8-9,11-12,27H2,1-3H3. The molecule has 0 radical (unpaired) electrons. The SMILES string of the molecule is COc1cc(OC(C)C2CCCN2)c(N)c2c1-c1c(OC(C)C3CCCN3)cccc1C2=O. The molecular weight excluding hydrogens is 418 g/mol. The van der Waals surface area contributed by atoms with Crippen LogP contribution >= 0.6 is 0 Å². The van der Waals surface area contributed by atoms with Gasteiger partial charge in [-0.1, -0.05) is 12.1 Å². The van der Waals surface area contributed by atoms with E-state index in [9.17, 15) is 4.79 Å². The summed E-state index contributed by atoms with van der Waals surface area (Å²) >= 11 is 0. The third-order valence-electron chi connectivity index (χ3n) is 7.22. The van der Waals surface area contributed by atoms with Gasteiger partial charge in [0.1, 0.15) is 29.5 Å². The maximum absolute atomic E-state index is 13.5. The molecule has 2 saturated heterocycles. The van der Waals surface area contributed by atoms with Crippen LogP contribution in [0.15, 0.2) is 24.3 Å². The van der Waals surface area contributed by atoms with Crippen molar-refractivity contribution >= 4 is 11.5 Å². The van der Waals surface area contributed by atoms with Crippen molar-refractivity contribution in [3.63, 3.8) is 0 Å². The highest BCUT2D eigenvalue weighted by molar-refractivity contribution is 6.26. The predicted molar refractivity (Wildman–Crippen MR) is 129 cm³/mol. The molecule has 176 valence electrons. The zero-order valence-electron chi connectivity index (χ0n) is 19.6. The number of nitrogen functional groups attached to an aromatic ring is 1. The number of nitrogens with two attached hydrogens (primary N) is 1. The summed E-state index contributed by atoms with van der Waals surface area (Å²) < 4.78 is 18.4. The lowest BCUT2D eigenvalue weighted by molar-refractivity contribution is 0.104. The number of benzene rings is 2. The van der Waals surface area contributed by atoms with E-state index in [0.29, 0.717) is 45.7 Å². The van der Waals surface area contributed by atoms with Gasteiger partial charge in [0, 0.05) is 34.8 Å². The summed E-state index contributed by atoms with van der Waals surface area (Å²) in [7, 11) is 1.61. The number of hydrogen-bond acceptors (Lipinski definition) is 7. The second-order valence-corrected chi connectivity index (χ2v) is 9.30. The van der Waals surface area contributed by atoms with Crippen molar-refractivity contribution in [2.24, 2.45) is 0 Å². The van der Waals surface area contributed by atoms with Crippen molar-refractivity contribution in [3.05, 3.63) is 35.4 Å². The van der Waals surface area contributed by atoms with Crippen LogP contribution < -0.4 is 30.6 Å². The maximum atomic E-state index is 13.5. The van der Waals surface area contributed by atoms with Crippen LogP contribution in [0.1, 0.15) is 55.5 Å². The molecule has 0 bridgehead atoms. The van der Waals surface area contributed by atoms with Crippen molar-refractivity contribution in [1.82, 2.24) is 10.6 Å². The molecule has 2 fully saturated rings. The molecule has 4 unspecified atom stereocenters. The molecule has 2 aliphatic heterocycles. The number of hydrogen-bond donors (Lipinski definition) is 3. The number of ketones is 1. The Morgan fingerprint density at radius 3 is 2.12 bits per heavy atom. The minimum atomic E-state index is -0.120. The average Bonchev–Trinajstić information content (AvgIpc) is 3.57. The summed E-state index contributed by atoms with van der Waals surface area (Å²) in [6, 6.07) is 7.98.